The third-order valence-corrected chi connectivity index (χ3v) is 4.64. The molecular weight excluding hydrogens is 350 g/mol. The van der Waals surface area contributed by atoms with E-state index in [0.29, 0.717) is 5.92 Å². The van der Waals surface area contributed by atoms with Gasteiger partial charge in [0.25, 0.3) is 0 Å². The quantitative estimate of drug-likeness (QED) is 0.643. The molecule has 0 unspecified atom stereocenters. The first-order valence-electron chi connectivity index (χ1n) is 9.78. The minimum absolute atomic E-state index is 0.0584. The summed E-state index contributed by atoms with van der Waals surface area (Å²) in [4.78, 5) is 23.9. The monoisotopic (exact) mass is 381 g/mol. The van der Waals surface area contributed by atoms with Crippen molar-refractivity contribution in [2.24, 2.45) is 17.6 Å². The van der Waals surface area contributed by atoms with Crippen molar-refractivity contribution in [3.63, 3.8) is 0 Å². The van der Waals surface area contributed by atoms with Gasteiger partial charge in [0.15, 0.2) is 0 Å². The summed E-state index contributed by atoms with van der Waals surface area (Å²) in [6, 6.07) is 16.3. The Kier molecular flexibility index (Phi) is 7.76. The molecule has 5 nitrogen and oxygen atoms in total. The molecule has 5 heteroatoms. The van der Waals surface area contributed by atoms with Crippen LogP contribution in [0.5, 0.6) is 0 Å². The van der Waals surface area contributed by atoms with Crippen LogP contribution >= 0.6 is 0 Å². The zero-order valence-electron chi connectivity index (χ0n) is 17.1. The smallest absolute Gasteiger partial charge is 0.318 e. The molecule has 0 aromatic heterocycles. The van der Waals surface area contributed by atoms with Crippen LogP contribution < -0.4 is 16.4 Å². The highest BCUT2D eigenvalue weighted by Crippen LogP contribution is 2.27. The summed E-state index contributed by atoms with van der Waals surface area (Å²) >= 11 is 0. The minimum atomic E-state index is -0.855. The lowest BCUT2D eigenvalue weighted by Crippen LogP contribution is -2.44. The number of carbonyl (C=O) groups excluding carboxylic acids is 2. The maximum Gasteiger partial charge on any atom is 0.318 e. The zero-order chi connectivity index (χ0) is 20.7. The van der Waals surface area contributed by atoms with Gasteiger partial charge in [-0.3, -0.25) is 15.4 Å². The van der Waals surface area contributed by atoms with Crippen LogP contribution in [0.2, 0.25) is 0 Å². The fourth-order valence-corrected chi connectivity index (χ4v) is 3.35. The first-order chi connectivity index (χ1) is 13.3. The van der Waals surface area contributed by atoms with E-state index in [2.05, 4.69) is 62.6 Å². The third kappa shape index (κ3) is 6.20. The van der Waals surface area contributed by atoms with Crippen molar-refractivity contribution in [3.05, 3.63) is 71.3 Å². The summed E-state index contributed by atoms with van der Waals surface area (Å²) in [5.41, 5.74) is 8.35. The van der Waals surface area contributed by atoms with E-state index in [9.17, 15) is 9.59 Å². The molecule has 28 heavy (non-hydrogen) atoms. The van der Waals surface area contributed by atoms with Crippen molar-refractivity contribution in [1.82, 2.24) is 10.6 Å². The lowest BCUT2D eigenvalue weighted by atomic mass is 9.92. The van der Waals surface area contributed by atoms with Crippen LogP contribution in [-0.4, -0.2) is 11.9 Å². The van der Waals surface area contributed by atoms with Gasteiger partial charge in [0.05, 0.1) is 0 Å². The SMILES string of the molecule is CC(C)Cc1ccc([C@@H](N[C@H](C(=O)NC(N)=O)c2ccccc2)C(C)C)cc1. The van der Waals surface area contributed by atoms with Crippen LogP contribution in [0.4, 0.5) is 4.79 Å². The van der Waals surface area contributed by atoms with Gasteiger partial charge in [-0.15, -0.1) is 0 Å². The summed E-state index contributed by atoms with van der Waals surface area (Å²) in [7, 11) is 0. The number of primary amides is 1. The van der Waals surface area contributed by atoms with Crippen LogP contribution in [0.25, 0.3) is 0 Å². The highest BCUT2D eigenvalue weighted by atomic mass is 16.2. The van der Waals surface area contributed by atoms with Crippen LogP contribution in [0, 0.1) is 11.8 Å². The Hall–Kier alpha value is -2.66. The van der Waals surface area contributed by atoms with Crippen molar-refractivity contribution in [2.75, 3.05) is 0 Å². The highest BCUT2D eigenvalue weighted by molar-refractivity contribution is 5.96. The Morgan fingerprint density at radius 1 is 0.893 bits per heavy atom. The molecule has 0 aliphatic carbocycles. The average molecular weight is 382 g/mol. The highest BCUT2D eigenvalue weighted by Gasteiger charge is 2.27. The Morgan fingerprint density at radius 2 is 1.50 bits per heavy atom. The van der Waals surface area contributed by atoms with E-state index in [0.717, 1.165) is 17.5 Å². The molecule has 0 aliphatic heterocycles. The van der Waals surface area contributed by atoms with Gasteiger partial charge in [0.2, 0.25) is 5.91 Å². The molecule has 0 saturated carbocycles. The Balaban J connectivity index is 2.29. The molecule has 0 saturated heterocycles. The Bertz CT molecular complexity index is 770. The summed E-state index contributed by atoms with van der Waals surface area (Å²) in [6.07, 6.45) is 1.04. The molecule has 0 spiro atoms. The van der Waals surface area contributed by atoms with Crippen LogP contribution in [0.1, 0.15) is 56.5 Å². The second-order valence-corrected chi connectivity index (χ2v) is 7.93. The van der Waals surface area contributed by atoms with E-state index in [1.165, 1.54) is 5.56 Å². The number of hydrogen-bond acceptors (Lipinski definition) is 3. The summed E-state index contributed by atoms with van der Waals surface area (Å²) < 4.78 is 0. The molecule has 4 N–H and O–H groups in total. The van der Waals surface area contributed by atoms with Crippen molar-refractivity contribution in [3.8, 4) is 0 Å². The number of urea groups is 1. The van der Waals surface area contributed by atoms with Crippen LogP contribution in [0.3, 0.4) is 0 Å². The zero-order valence-corrected chi connectivity index (χ0v) is 17.1. The van der Waals surface area contributed by atoms with Crippen molar-refractivity contribution in [2.45, 2.75) is 46.2 Å². The number of amides is 3. The average Bonchev–Trinajstić information content (AvgIpc) is 2.62. The van der Waals surface area contributed by atoms with Gasteiger partial charge in [0, 0.05) is 6.04 Å². The van der Waals surface area contributed by atoms with Gasteiger partial charge in [-0.1, -0.05) is 82.3 Å². The predicted molar refractivity (Wildman–Crippen MR) is 113 cm³/mol. The molecular formula is C23H31N3O2. The van der Waals surface area contributed by atoms with Gasteiger partial charge >= 0.3 is 6.03 Å². The van der Waals surface area contributed by atoms with Gasteiger partial charge < -0.3 is 5.73 Å². The number of carbonyl (C=O) groups is 2. The lowest BCUT2D eigenvalue weighted by Gasteiger charge is -2.28. The molecule has 0 radical (unpaired) electrons. The second-order valence-electron chi connectivity index (χ2n) is 7.93. The van der Waals surface area contributed by atoms with E-state index in [-0.39, 0.29) is 12.0 Å². The van der Waals surface area contributed by atoms with Gasteiger partial charge in [-0.25, -0.2) is 4.79 Å². The number of hydrogen-bond donors (Lipinski definition) is 3. The molecule has 150 valence electrons. The standard InChI is InChI=1S/C23H31N3O2/c1-15(2)14-17-10-12-19(13-11-17)20(16(3)4)25-21(22(27)26-23(24)28)18-8-6-5-7-9-18/h5-13,15-16,20-21,25H,14H2,1-4H3,(H3,24,26,27,28)/t20-,21-/m0/s1. The minimum Gasteiger partial charge on any atom is -0.351 e. The second kappa shape index (κ2) is 10.0. The first-order valence-corrected chi connectivity index (χ1v) is 9.78. The van der Waals surface area contributed by atoms with E-state index < -0.39 is 18.0 Å². The van der Waals surface area contributed by atoms with Crippen molar-refractivity contribution >= 4 is 11.9 Å². The molecule has 2 aromatic rings. The fourth-order valence-electron chi connectivity index (χ4n) is 3.35. The number of rotatable bonds is 8. The maximum absolute atomic E-state index is 12.6. The first kappa shape index (κ1) is 21.6. The predicted octanol–water partition coefficient (Wildman–Crippen LogP) is 4.11. The third-order valence-electron chi connectivity index (χ3n) is 4.64. The number of imide groups is 1. The molecule has 0 aliphatic rings. The molecule has 2 atom stereocenters. The summed E-state index contributed by atoms with van der Waals surface area (Å²) in [6.45, 7) is 8.61. The van der Waals surface area contributed by atoms with Crippen molar-refractivity contribution in [1.29, 1.82) is 0 Å². The fraction of sp³-hybridized carbons (Fsp3) is 0.391. The number of nitrogens with one attached hydrogen (secondary N) is 2. The van der Waals surface area contributed by atoms with E-state index >= 15 is 0 Å². The molecule has 0 bridgehead atoms. The van der Waals surface area contributed by atoms with E-state index in [4.69, 9.17) is 5.73 Å². The molecule has 0 fully saturated rings. The largest absolute Gasteiger partial charge is 0.351 e. The van der Waals surface area contributed by atoms with E-state index in [1.807, 2.05) is 30.3 Å². The van der Waals surface area contributed by atoms with Gasteiger partial charge in [0.1, 0.15) is 6.04 Å². The number of benzene rings is 2. The molecule has 2 rings (SSSR count). The normalized spacial score (nSPS) is 13.4. The lowest BCUT2D eigenvalue weighted by molar-refractivity contribution is -0.122. The summed E-state index contributed by atoms with van der Waals surface area (Å²) in [5.74, 6) is 0.383. The Morgan fingerprint density at radius 3 is 2.00 bits per heavy atom. The van der Waals surface area contributed by atoms with Crippen molar-refractivity contribution < 1.29 is 9.59 Å². The Labute approximate surface area is 167 Å². The van der Waals surface area contributed by atoms with E-state index in [1.54, 1.807) is 0 Å². The topological polar surface area (TPSA) is 84.2 Å². The molecule has 3 amide bonds. The van der Waals surface area contributed by atoms with Gasteiger partial charge in [-0.05, 0) is 34.9 Å². The van der Waals surface area contributed by atoms with Gasteiger partial charge in [-0.2, -0.15) is 0 Å². The number of nitrogens with two attached hydrogens (primary N) is 1. The van der Waals surface area contributed by atoms with Crippen LogP contribution in [-0.2, 0) is 11.2 Å². The molecule has 2 aromatic carbocycles. The summed E-state index contributed by atoms with van der Waals surface area (Å²) in [5, 5.41) is 5.64. The maximum atomic E-state index is 12.6. The van der Waals surface area contributed by atoms with Crippen LogP contribution in [0.15, 0.2) is 54.6 Å². The molecule has 0 heterocycles.